The number of carbonyl (C=O) groups is 1. The van der Waals surface area contributed by atoms with Crippen molar-refractivity contribution in [3.05, 3.63) is 34.3 Å². The van der Waals surface area contributed by atoms with Gasteiger partial charge in [-0.05, 0) is 57.4 Å². The average molecular weight is 312 g/mol. The molecule has 1 aliphatic heterocycles. The summed E-state index contributed by atoms with van der Waals surface area (Å²) in [5.41, 5.74) is 1.53. The SMILES string of the molecule is Cc1ccc(C(=O)C[C@H]2CCN(C(C)C)C[C@H]2F)c(Cl)c1. The number of carbonyl (C=O) groups excluding carboxylic acids is 1. The van der Waals surface area contributed by atoms with E-state index in [0.29, 0.717) is 23.2 Å². The summed E-state index contributed by atoms with van der Waals surface area (Å²) in [4.78, 5) is 14.5. The lowest BCUT2D eigenvalue weighted by atomic mass is 9.88. The first-order valence-corrected chi connectivity index (χ1v) is 7.93. The summed E-state index contributed by atoms with van der Waals surface area (Å²) in [6.45, 7) is 7.36. The van der Waals surface area contributed by atoms with Crippen LogP contribution < -0.4 is 0 Å². The molecule has 0 spiro atoms. The van der Waals surface area contributed by atoms with Crippen LogP contribution in [0.25, 0.3) is 0 Å². The van der Waals surface area contributed by atoms with Crippen LogP contribution in [0.2, 0.25) is 5.02 Å². The minimum atomic E-state index is -0.936. The highest BCUT2D eigenvalue weighted by Crippen LogP contribution is 2.28. The molecule has 0 amide bonds. The zero-order valence-corrected chi connectivity index (χ0v) is 13.7. The average Bonchev–Trinajstić information content (AvgIpc) is 2.40. The van der Waals surface area contributed by atoms with Crippen LogP contribution in [0.5, 0.6) is 0 Å². The molecule has 4 heteroatoms. The molecule has 1 aromatic carbocycles. The Morgan fingerprint density at radius 2 is 2.19 bits per heavy atom. The molecule has 1 fully saturated rings. The number of aryl methyl sites for hydroxylation is 1. The number of piperidine rings is 1. The fourth-order valence-corrected chi connectivity index (χ4v) is 3.21. The van der Waals surface area contributed by atoms with Crippen LogP contribution in [0.3, 0.4) is 0 Å². The molecule has 0 N–H and O–H groups in total. The Morgan fingerprint density at radius 3 is 2.76 bits per heavy atom. The van der Waals surface area contributed by atoms with E-state index in [1.165, 1.54) is 0 Å². The van der Waals surface area contributed by atoms with E-state index >= 15 is 0 Å². The third kappa shape index (κ3) is 4.04. The number of hydrogen-bond donors (Lipinski definition) is 0. The molecule has 21 heavy (non-hydrogen) atoms. The summed E-state index contributed by atoms with van der Waals surface area (Å²) in [5.74, 6) is -0.240. The second kappa shape index (κ2) is 6.89. The van der Waals surface area contributed by atoms with E-state index < -0.39 is 6.17 Å². The number of ketones is 1. The Kier molecular flexibility index (Phi) is 5.39. The molecule has 2 nitrogen and oxygen atoms in total. The molecule has 0 saturated carbocycles. The summed E-state index contributed by atoms with van der Waals surface area (Å²) < 4.78 is 14.3. The lowest BCUT2D eigenvalue weighted by molar-refractivity contribution is 0.0567. The number of Topliss-reactive ketones (excluding diaryl/α,β-unsaturated/α-hetero) is 1. The van der Waals surface area contributed by atoms with Gasteiger partial charge in [-0.1, -0.05) is 17.7 Å². The number of hydrogen-bond acceptors (Lipinski definition) is 2. The van der Waals surface area contributed by atoms with Crippen molar-refractivity contribution in [1.82, 2.24) is 4.90 Å². The number of alkyl halides is 1. The zero-order chi connectivity index (χ0) is 15.6. The summed E-state index contributed by atoms with van der Waals surface area (Å²) in [5, 5.41) is 0.468. The Labute approximate surface area is 131 Å². The summed E-state index contributed by atoms with van der Waals surface area (Å²) in [7, 11) is 0. The Hall–Kier alpha value is -0.930. The number of benzene rings is 1. The van der Waals surface area contributed by atoms with E-state index in [0.717, 1.165) is 18.5 Å². The van der Waals surface area contributed by atoms with Gasteiger partial charge < -0.3 is 0 Å². The van der Waals surface area contributed by atoms with E-state index in [1.807, 2.05) is 13.0 Å². The molecule has 1 aliphatic rings. The van der Waals surface area contributed by atoms with Crippen molar-refractivity contribution in [1.29, 1.82) is 0 Å². The highest BCUT2D eigenvalue weighted by atomic mass is 35.5. The fourth-order valence-electron chi connectivity index (χ4n) is 2.87. The molecule has 116 valence electrons. The first-order valence-electron chi connectivity index (χ1n) is 7.56. The maximum Gasteiger partial charge on any atom is 0.164 e. The molecule has 2 atom stereocenters. The molecule has 1 heterocycles. The topological polar surface area (TPSA) is 20.3 Å². The second-order valence-corrected chi connectivity index (χ2v) is 6.67. The van der Waals surface area contributed by atoms with Crippen molar-refractivity contribution in [2.45, 2.75) is 45.8 Å². The van der Waals surface area contributed by atoms with Gasteiger partial charge in [-0.2, -0.15) is 0 Å². The standard InChI is InChI=1S/C17H23ClFNO/c1-11(2)20-7-6-13(16(19)10-20)9-17(21)14-5-4-12(3)8-15(14)18/h4-5,8,11,13,16H,6-7,9-10H2,1-3H3/t13-,16-/m1/s1. The molecule has 1 aromatic rings. The molecule has 0 aromatic heterocycles. The molecular formula is C17H23ClFNO. The molecule has 0 bridgehead atoms. The maximum atomic E-state index is 14.3. The quantitative estimate of drug-likeness (QED) is 0.773. The third-order valence-corrected chi connectivity index (χ3v) is 4.62. The predicted molar refractivity (Wildman–Crippen MR) is 84.8 cm³/mol. The Bertz CT molecular complexity index is 518. The molecule has 0 unspecified atom stereocenters. The summed E-state index contributed by atoms with van der Waals surface area (Å²) >= 11 is 6.12. The Morgan fingerprint density at radius 1 is 1.48 bits per heavy atom. The molecular weight excluding hydrogens is 289 g/mol. The van der Waals surface area contributed by atoms with Gasteiger partial charge in [0.25, 0.3) is 0 Å². The molecule has 0 radical (unpaired) electrons. The van der Waals surface area contributed by atoms with Gasteiger partial charge in [0.2, 0.25) is 0 Å². The number of halogens is 2. The number of likely N-dealkylation sites (tertiary alicyclic amines) is 1. The van der Waals surface area contributed by atoms with Gasteiger partial charge in [0.1, 0.15) is 6.17 Å². The van der Waals surface area contributed by atoms with Gasteiger partial charge in [0.05, 0.1) is 5.02 Å². The minimum Gasteiger partial charge on any atom is -0.298 e. The highest BCUT2D eigenvalue weighted by molar-refractivity contribution is 6.34. The first-order chi connectivity index (χ1) is 9.88. The molecule has 2 rings (SSSR count). The van der Waals surface area contributed by atoms with Gasteiger partial charge in [-0.3, -0.25) is 9.69 Å². The van der Waals surface area contributed by atoms with Crippen molar-refractivity contribution >= 4 is 17.4 Å². The normalized spacial score (nSPS) is 23.5. The van der Waals surface area contributed by atoms with E-state index in [4.69, 9.17) is 11.6 Å². The van der Waals surface area contributed by atoms with Crippen LogP contribution in [0, 0.1) is 12.8 Å². The highest BCUT2D eigenvalue weighted by Gasteiger charge is 2.32. The smallest absolute Gasteiger partial charge is 0.164 e. The first kappa shape index (κ1) is 16.4. The van der Waals surface area contributed by atoms with Crippen molar-refractivity contribution < 1.29 is 9.18 Å². The third-order valence-electron chi connectivity index (χ3n) is 4.31. The van der Waals surface area contributed by atoms with Crippen LogP contribution in [0.15, 0.2) is 18.2 Å². The van der Waals surface area contributed by atoms with Crippen molar-refractivity contribution in [2.24, 2.45) is 5.92 Å². The fraction of sp³-hybridized carbons (Fsp3) is 0.588. The van der Waals surface area contributed by atoms with E-state index in [2.05, 4.69) is 18.7 Å². The largest absolute Gasteiger partial charge is 0.298 e. The van der Waals surface area contributed by atoms with Gasteiger partial charge in [0, 0.05) is 24.6 Å². The molecule has 1 saturated heterocycles. The van der Waals surface area contributed by atoms with Gasteiger partial charge in [0.15, 0.2) is 5.78 Å². The maximum absolute atomic E-state index is 14.3. The zero-order valence-electron chi connectivity index (χ0n) is 12.9. The van der Waals surface area contributed by atoms with Gasteiger partial charge in [-0.25, -0.2) is 4.39 Å². The van der Waals surface area contributed by atoms with Gasteiger partial charge >= 0.3 is 0 Å². The van der Waals surface area contributed by atoms with Crippen molar-refractivity contribution in [3.8, 4) is 0 Å². The Balaban J connectivity index is 2.00. The van der Waals surface area contributed by atoms with Crippen LogP contribution in [-0.2, 0) is 0 Å². The van der Waals surface area contributed by atoms with E-state index in [1.54, 1.807) is 12.1 Å². The second-order valence-electron chi connectivity index (χ2n) is 6.26. The lowest BCUT2D eigenvalue weighted by Crippen LogP contribution is -2.45. The van der Waals surface area contributed by atoms with E-state index in [-0.39, 0.29) is 18.1 Å². The van der Waals surface area contributed by atoms with Crippen LogP contribution >= 0.6 is 11.6 Å². The lowest BCUT2D eigenvalue weighted by Gasteiger charge is -2.36. The molecule has 0 aliphatic carbocycles. The van der Waals surface area contributed by atoms with E-state index in [9.17, 15) is 9.18 Å². The van der Waals surface area contributed by atoms with Crippen LogP contribution in [0.4, 0.5) is 4.39 Å². The van der Waals surface area contributed by atoms with Crippen LogP contribution in [-0.4, -0.2) is 36.0 Å². The number of rotatable bonds is 4. The van der Waals surface area contributed by atoms with Crippen LogP contribution in [0.1, 0.15) is 42.6 Å². The summed E-state index contributed by atoms with van der Waals surface area (Å²) in [6.07, 6.45) is 0.0408. The monoisotopic (exact) mass is 311 g/mol. The van der Waals surface area contributed by atoms with Crippen molar-refractivity contribution in [3.63, 3.8) is 0 Å². The van der Waals surface area contributed by atoms with Crippen molar-refractivity contribution in [2.75, 3.05) is 13.1 Å². The predicted octanol–water partition coefficient (Wildman–Crippen LogP) is 4.29. The van der Waals surface area contributed by atoms with Gasteiger partial charge in [-0.15, -0.1) is 0 Å². The number of nitrogens with zero attached hydrogens (tertiary/aromatic N) is 1. The minimum absolute atomic E-state index is 0.0503. The summed E-state index contributed by atoms with van der Waals surface area (Å²) in [6, 6.07) is 5.75.